The van der Waals surface area contributed by atoms with Gasteiger partial charge in [-0.15, -0.1) is 0 Å². The second-order valence-electron chi connectivity index (χ2n) is 6.50. The summed E-state index contributed by atoms with van der Waals surface area (Å²) in [5.41, 5.74) is 2.67. The first-order valence-corrected chi connectivity index (χ1v) is 9.98. The van der Waals surface area contributed by atoms with Gasteiger partial charge in [-0.3, -0.25) is 9.52 Å². The summed E-state index contributed by atoms with van der Waals surface area (Å²) in [4.78, 5) is 12.1. The van der Waals surface area contributed by atoms with Gasteiger partial charge in [0.15, 0.2) is 0 Å². The zero-order valence-corrected chi connectivity index (χ0v) is 15.5. The van der Waals surface area contributed by atoms with Gasteiger partial charge in [-0.25, -0.2) is 8.42 Å². The van der Waals surface area contributed by atoms with Crippen molar-refractivity contribution in [3.63, 3.8) is 0 Å². The molecule has 132 valence electrons. The SMILES string of the molecule is CC(C)C1C(=O)Nc2ccc(NS(=O)(=O)Cc3ccc(Cl)cc3)cc21. The Morgan fingerprint density at radius 1 is 1.16 bits per heavy atom. The summed E-state index contributed by atoms with van der Waals surface area (Å²) in [7, 11) is -3.57. The highest BCUT2D eigenvalue weighted by Crippen LogP contribution is 2.38. The summed E-state index contributed by atoms with van der Waals surface area (Å²) in [5, 5.41) is 3.40. The molecule has 0 fully saturated rings. The van der Waals surface area contributed by atoms with Crippen LogP contribution in [0.4, 0.5) is 11.4 Å². The maximum absolute atomic E-state index is 12.4. The lowest BCUT2D eigenvalue weighted by Crippen LogP contribution is -2.17. The molecule has 1 atom stereocenters. The second-order valence-corrected chi connectivity index (χ2v) is 8.66. The Morgan fingerprint density at radius 2 is 1.84 bits per heavy atom. The molecule has 0 aromatic heterocycles. The largest absolute Gasteiger partial charge is 0.325 e. The fraction of sp³-hybridized carbons (Fsp3) is 0.278. The Kier molecular flexibility index (Phi) is 4.75. The van der Waals surface area contributed by atoms with Crippen LogP contribution in [-0.4, -0.2) is 14.3 Å². The fourth-order valence-corrected chi connectivity index (χ4v) is 4.34. The van der Waals surface area contributed by atoms with Gasteiger partial charge in [0.25, 0.3) is 0 Å². The van der Waals surface area contributed by atoms with Gasteiger partial charge in [0.05, 0.1) is 11.7 Å². The number of nitrogens with one attached hydrogen (secondary N) is 2. The maximum atomic E-state index is 12.4. The van der Waals surface area contributed by atoms with Gasteiger partial charge < -0.3 is 5.32 Å². The third-order valence-electron chi connectivity index (χ3n) is 4.14. The molecule has 7 heteroatoms. The van der Waals surface area contributed by atoms with Crippen molar-refractivity contribution < 1.29 is 13.2 Å². The Hall–Kier alpha value is -2.05. The van der Waals surface area contributed by atoms with Crippen LogP contribution in [0, 0.1) is 5.92 Å². The molecule has 3 rings (SSSR count). The van der Waals surface area contributed by atoms with Crippen molar-refractivity contribution in [2.75, 3.05) is 10.0 Å². The molecule has 1 aliphatic rings. The summed E-state index contributed by atoms with van der Waals surface area (Å²) in [6.07, 6.45) is 0. The van der Waals surface area contributed by atoms with E-state index in [0.29, 0.717) is 16.3 Å². The lowest BCUT2D eigenvalue weighted by molar-refractivity contribution is -0.117. The molecule has 2 aromatic carbocycles. The molecule has 0 saturated carbocycles. The molecule has 2 N–H and O–H groups in total. The van der Waals surface area contributed by atoms with Crippen LogP contribution in [0.5, 0.6) is 0 Å². The number of amides is 1. The van der Waals surface area contributed by atoms with Crippen LogP contribution in [0.2, 0.25) is 5.02 Å². The third kappa shape index (κ3) is 3.96. The summed E-state index contributed by atoms with van der Waals surface area (Å²) in [6, 6.07) is 11.8. The summed E-state index contributed by atoms with van der Waals surface area (Å²) in [5.74, 6) is -0.337. The molecule has 0 radical (unpaired) electrons. The Labute approximate surface area is 152 Å². The highest BCUT2D eigenvalue weighted by atomic mass is 35.5. The standard InChI is InChI=1S/C18H19ClN2O3S/c1-11(2)17-15-9-14(7-8-16(15)20-18(17)22)21-25(23,24)10-12-3-5-13(19)6-4-12/h3-9,11,17,21H,10H2,1-2H3,(H,20,22). The Bertz CT molecular complexity index is 908. The zero-order valence-electron chi connectivity index (χ0n) is 13.9. The van der Waals surface area contributed by atoms with E-state index in [2.05, 4.69) is 10.0 Å². The lowest BCUT2D eigenvalue weighted by atomic mass is 9.89. The molecule has 1 aliphatic heterocycles. The van der Waals surface area contributed by atoms with Crippen LogP contribution in [0.3, 0.4) is 0 Å². The Morgan fingerprint density at radius 3 is 2.48 bits per heavy atom. The predicted octanol–water partition coefficient (Wildman–Crippen LogP) is 3.97. The summed E-state index contributed by atoms with van der Waals surface area (Å²) in [6.45, 7) is 3.94. The number of carbonyl (C=O) groups is 1. The minimum atomic E-state index is -3.57. The van der Waals surface area contributed by atoms with Gasteiger partial charge in [0.1, 0.15) is 0 Å². The number of halogens is 1. The minimum Gasteiger partial charge on any atom is -0.325 e. The van der Waals surface area contributed by atoms with Gasteiger partial charge in [-0.2, -0.15) is 0 Å². The number of hydrogen-bond acceptors (Lipinski definition) is 3. The van der Waals surface area contributed by atoms with E-state index in [-0.39, 0.29) is 23.5 Å². The molecule has 0 bridgehead atoms. The van der Waals surface area contributed by atoms with E-state index >= 15 is 0 Å². The normalized spacial score (nSPS) is 16.6. The molecule has 2 aromatic rings. The minimum absolute atomic E-state index is 0.0498. The zero-order chi connectivity index (χ0) is 18.2. The number of carbonyl (C=O) groups excluding carboxylic acids is 1. The smallest absolute Gasteiger partial charge is 0.236 e. The van der Waals surface area contributed by atoms with Gasteiger partial charge in [-0.05, 0) is 47.4 Å². The first kappa shape index (κ1) is 17.8. The second kappa shape index (κ2) is 6.69. The van der Waals surface area contributed by atoms with Crippen molar-refractivity contribution >= 4 is 38.9 Å². The number of rotatable bonds is 5. The Balaban J connectivity index is 1.81. The van der Waals surface area contributed by atoms with Gasteiger partial charge in [0.2, 0.25) is 15.9 Å². The van der Waals surface area contributed by atoms with Crippen LogP contribution < -0.4 is 10.0 Å². The lowest BCUT2D eigenvalue weighted by Gasteiger charge is -2.14. The van der Waals surface area contributed by atoms with Gasteiger partial charge in [0, 0.05) is 16.4 Å². The van der Waals surface area contributed by atoms with E-state index in [1.165, 1.54) is 0 Å². The first-order valence-electron chi connectivity index (χ1n) is 7.95. The van der Waals surface area contributed by atoms with Crippen molar-refractivity contribution in [2.45, 2.75) is 25.5 Å². The molecule has 0 aliphatic carbocycles. The molecule has 0 saturated heterocycles. The van der Waals surface area contributed by atoms with Crippen molar-refractivity contribution in [1.29, 1.82) is 0 Å². The highest BCUT2D eigenvalue weighted by molar-refractivity contribution is 7.91. The van der Waals surface area contributed by atoms with Gasteiger partial charge >= 0.3 is 0 Å². The van der Waals surface area contributed by atoms with Crippen LogP contribution in [0.1, 0.15) is 30.9 Å². The average Bonchev–Trinajstić information content (AvgIpc) is 2.84. The van der Waals surface area contributed by atoms with Crippen molar-refractivity contribution in [2.24, 2.45) is 5.92 Å². The average molecular weight is 379 g/mol. The molecule has 1 unspecified atom stereocenters. The van der Waals surface area contributed by atoms with Crippen molar-refractivity contribution in [3.05, 3.63) is 58.6 Å². The van der Waals surface area contributed by atoms with E-state index in [1.54, 1.807) is 42.5 Å². The van der Waals surface area contributed by atoms with Crippen LogP contribution in [-0.2, 0) is 20.6 Å². The number of fused-ring (bicyclic) bond motifs is 1. The topological polar surface area (TPSA) is 75.3 Å². The van der Waals surface area contributed by atoms with E-state index in [4.69, 9.17) is 11.6 Å². The molecule has 25 heavy (non-hydrogen) atoms. The molecule has 1 amide bonds. The van der Waals surface area contributed by atoms with Crippen molar-refractivity contribution in [3.8, 4) is 0 Å². The number of benzene rings is 2. The maximum Gasteiger partial charge on any atom is 0.236 e. The van der Waals surface area contributed by atoms with E-state index in [0.717, 1.165) is 11.3 Å². The van der Waals surface area contributed by atoms with Crippen LogP contribution in [0.15, 0.2) is 42.5 Å². The predicted molar refractivity (Wildman–Crippen MR) is 100 cm³/mol. The molecular weight excluding hydrogens is 360 g/mol. The van der Waals surface area contributed by atoms with Gasteiger partial charge in [-0.1, -0.05) is 37.6 Å². The van der Waals surface area contributed by atoms with E-state index in [9.17, 15) is 13.2 Å². The highest BCUT2D eigenvalue weighted by Gasteiger charge is 2.33. The number of sulfonamides is 1. The molecule has 0 spiro atoms. The fourth-order valence-electron chi connectivity index (χ4n) is 3.03. The monoisotopic (exact) mass is 378 g/mol. The molecular formula is C18H19ClN2O3S. The summed E-state index contributed by atoms with van der Waals surface area (Å²) < 4.78 is 27.4. The quantitative estimate of drug-likeness (QED) is 0.826. The molecule has 1 heterocycles. The third-order valence-corrected chi connectivity index (χ3v) is 5.65. The van der Waals surface area contributed by atoms with Crippen LogP contribution in [0.25, 0.3) is 0 Å². The van der Waals surface area contributed by atoms with E-state index < -0.39 is 10.0 Å². The van der Waals surface area contributed by atoms with Crippen molar-refractivity contribution in [1.82, 2.24) is 0 Å². The summed E-state index contributed by atoms with van der Waals surface area (Å²) >= 11 is 5.82. The van der Waals surface area contributed by atoms with E-state index in [1.807, 2.05) is 13.8 Å². The first-order chi connectivity index (χ1) is 11.7. The number of anilines is 2. The number of hydrogen-bond donors (Lipinski definition) is 2. The van der Waals surface area contributed by atoms with Crippen LogP contribution >= 0.6 is 11.6 Å². The molecule has 5 nitrogen and oxygen atoms in total.